The summed E-state index contributed by atoms with van der Waals surface area (Å²) in [6.07, 6.45) is 1.75. The van der Waals surface area contributed by atoms with Gasteiger partial charge in [-0.3, -0.25) is 9.36 Å². The summed E-state index contributed by atoms with van der Waals surface area (Å²) in [5, 5.41) is 0. The molecule has 41 heavy (non-hydrogen) atoms. The predicted molar refractivity (Wildman–Crippen MR) is 156 cm³/mol. The number of fused-ring (bicyclic) bond motifs is 1. The lowest BCUT2D eigenvalue weighted by molar-refractivity contribution is -0.139. The van der Waals surface area contributed by atoms with Crippen LogP contribution < -0.4 is 24.4 Å². The molecule has 1 aliphatic heterocycles. The highest BCUT2D eigenvalue weighted by atomic mass is 32.1. The number of nitrogens with zero attached hydrogens (tertiary/aromatic N) is 2. The number of rotatable bonds is 7. The second-order valence-corrected chi connectivity index (χ2v) is 10.4. The molecule has 0 saturated heterocycles. The predicted octanol–water partition coefficient (Wildman–Crippen LogP) is 4.33. The first-order chi connectivity index (χ1) is 19.8. The van der Waals surface area contributed by atoms with Gasteiger partial charge in [-0.25, -0.2) is 14.6 Å². The van der Waals surface area contributed by atoms with Crippen LogP contribution in [0.1, 0.15) is 46.9 Å². The Morgan fingerprint density at radius 3 is 2.34 bits per heavy atom. The van der Waals surface area contributed by atoms with Gasteiger partial charge in [0.2, 0.25) is 0 Å². The third-order valence-corrected chi connectivity index (χ3v) is 7.57. The van der Waals surface area contributed by atoms with Crippen molar-refractivity contribution < 1.29 is 23.8 Å². The van der Waals surface area contributed by atoms with Gasteiger partial charge in [0.15, 0.2) is 4.80 Å². The Bertz CT molecular complexity index is 1830. The summed E-state index contributed by atoms with van der Waals surface area (Å²) in [4.78, 5) is 44.4. The molecule has 0 fully saturated rings. The first-order valence-corrected chi connectivity index (χ1v) is 13.8. The van der Waals surface area contributed by atoms with E-state index in [1.807, 2.05) is 25.1 Å². The fourth-order valence-electron chi connectivity index (χ4n) is 4.61. The van der Waals surface area contributed by atoms with Gasteiger partial charge in [-0.15, -0.1) is 0 Å². The average Bonchev–Trinajstić information content (AvgIpc) is 3.27. The Balaban J connectivity index is 1.50. The molecule has 1 aromatic heterocycles. The largest absolute Gasteiger partial charge is 0.497 e. The standard InChI is InChI=1S/C32H28N2O6S/c1-5-39-31(37)27-20(3)33-32-34(28(27)22-11-15-24(38-4)16-12-22)29(35)26(41-32)18-21-9-13-25(14-10-21)40-30(36)23-8-6-7-19(2)17-23/h6-18,28H,5H2,1-4H3/t28-/m0/s1. The number of hydrogen-bond donors (Lipinski definition) is 0. The normalized spacial score (nSPS) is 14.7. The third kappa shape index (κ3) is 5.76. The van der Waals surface area contributed by atoms with Crippen molar-refractivity contribution >= 4 is 29.4 Å². The van der Waals surface area contributed by atoms with Crippen molar-refractivity contribution in [1.29, 1.82) is 0 Å². The summed E-state index contributed by atoms with van der Waals surface area (Å²) in [6, 6.07) is 20.6. The van der Waals surface area contributed by atoms with Gasteiger partial charge in [0.05, 0.1) is 41.1 Å². The zero-order valence-electron chi connectivity index (χ0n) is 23.0. The van der Waals surface area contributed by atoms with Crippen LogP contribution in [-0.4, -0.2) is 30.2 Å². The van der Waals surface area contributed by atoms with Gasteiger partial charge < -0.3 is 14.2 Å². The van der Waals surface area contributed by atoms with E-state index in [1.165, 1.54) is 15.9 Å². The zero-order chi connectivity index (χ0) is 29.1. The van der Waals surface area contributed by atoms with Crippen LogP contribution >= 0.6 is 11.3 Å². The number of ether oxygens (including phenoxy) is 3. The van der Waals surface area contributed by atoms with Crippen LogP contribution in [0.25, 0.3) is 6.08 Å². The Morgan fingerprint density at radius 1 is 0.976 bits per heavy atom. The minimum absolute atomic E-state index is 0.200. The quantitative estimate of drug-likeness (QED) is 0.243. The number of aromatic nitrogens is 1. The molecule has 1 atom stereocenters. The van der Waals surface area contributed by atoms with Crippen molar-refractivity contribution in [3.05, 3.63) is 126 Å². The molecule has 4 aromatic rings. The summed E-state index contributed by atoms with van der Waals surface area (Å²) in [7, 11) is 1.58. The Kier molecular flexibility index (Phi) is 7.98. The maximum Gasteiger partial charge on any atom is 0.343 e. The average molecular weight is 569 g/mol. The summed E-state index contributed by atoms with van der Waals surface area (Å²) < 4.78 is 18.1. The highest BCUT2D eigenvalue weighted by Crippen LogP contribution is 2.31. The van der Waals surface area contributed by atoms with Crippen LogP contribution in [0.15, 0.2) is 93.9 Å². The Labute approximate surface area is 240 Å². The molecule has 0 bridgehead atoms. The summed E-state index contributed by atoms with van der Waals surface area (Å²) in [5.74, 6) is 0.0950. The van der Waals surface area contributed by atoms with Crippen LogP contribution in [0.5, 0.6) is 11.5 Å². The number of thiazole rings is 1. The maximum absolute atomic E-state index is 13.8. The lowest BCUT2D eigenvalue weighted by atomic mass is 9.96. The fraction of sp³-hybridized carbons (Fsp3) is 0.188. The number of aryl methyl sites for hydroxylation is 1. The van der Waals surface area contributed by atoms with Crippen molar-refractivity contribution in [3.63, 3.8) is 0 Å². The minimum atomic E-state index is -0.707. The highest BCUT2D eigenvalue weighted by molar-refractivity contribution is 7.07. The minimum Gasteiger partial charge on any atom is -0.497 e. The number of carbonyl (C=O) groups is 2. The van der Waals surface area contributed by atoms with Gasteiger partial charge in [0.1, 0.15) is 11.5 Å². The molecule has 1 aliphatic rings. The molecule has 0 aliphatic carbocycles. The molecule has 2 heterocycles. The van der Waals surface area contributed by atoms with Gasteiger partial charge in [0, 0.05) is 0 Å². The van der Waals surface area contributed by atoms with Crippen LogP contribution in [-0.2, 0) is 9.53 Å². The molecular formula is C32H28N2O6S. The summed E-state index contributed by atoms with van der Waals surface area (Å²) in [5.41, 5.74) is 3.45. The van der Waals surface area contributed by atoms with E-state index in [9.17, 15) is 14.4 Å². The molecule has 0 saturated carbocycles. The van der Waals surface area contributed by atoms with Gasteiger partial charge >= 0.3 is 11.9 Å². The molecule has 0 radical (unpaired) electrons. The molecule has 9 heteroatoms. The molecule has 0 spiro atoms. The first kappa shape index (κ1) is 27.8. The first-order valence-electron chi connectivity index (χ1n) is 13.0. The third-order valence-electron chi connectivity index (χ3n) is 6.59. The van der Waals surface area contributed by atoms with Crippen molar-refractivity contribution in [2.24, 2.45) is 4.99 Å². The highest BCUT2D eigenvalue weighted by Gasteiger charge is 2.33. The van der Waals surface area contributed by atoms with E-state index in [0.29, 0.717) is 37.7 Å². The molecule has 0 amide bonds. The molecule has 0 N–H and O–H groups in total. The molecule has 0 unspecified atom stereocenters. The molecule has 8 nitrogen and oxygen atoms in total. The Morgan fingerprint density at radius 2 is 1.68 bits per heavy atom. The summed E-state index contributed by atoms with van der Waals surface area (Å²) >= 11 is 1.24. The monoisotopic (exact) mass is 568 g/mol. The van der Waals surface area contributed by atoms with Crippen LogP contribution in [0.2, 0.25) is 0 Å². The lowest BCUT2D eigenvalue weighted by Crippen LogP contribution is -2.39. The van der Waals surface area contributed by atoms with E-state index in [-0.39, 0.29) is 12.2 Å². The van der Waals surface area contributed by atoms with E-state index in [0.717, 1.165) is 16.7 Å². The van der Waals surface area contributed by atoms with Crippen LogP contribution in [0, 0.1) is 6.92 Å². The second kappa shape index (κ2) is 11.8. The fourth-order valence-corrected chi connectivity index (χ4v) is 5.66. The molecule has 5 rings (SSSR count). The number of methoxy groups -OCH3 is 1. The van der Waals surface area contributed by atoms with Gasteiger partial charge in [-0.05, 0) is 74.4 Å². The number of benzene rings is 3. The van der Waals surface area contributed by atoms with E-state index >= 15 is 0 Å². The van der Waals surface area contributed by atoms with Crippen molar-refractivity contribution in [2.75, 3.05) is 13.7 Å². The zero-order valence-corrected chi connectivity index (χ0v) is 23.9. The lowest BCUT2D eigenvalue weighted by Gasteiger charge is -2.24. The smallest absolute Gasteiger partial charge is 0.343 e. The summed E-state index contributed by atoms with van der Waals surface area (Å²) in [6.45, 7) is 5.59. The van der Waals surface area contributed by atoms with Crippen molar-refractivity contribution in [2.45, 2.75) is 26.8 Å². The SMILES string of the molecule is CCOC(=O)C1=C(C)N=c2sc(=Cc3ccc(OC(=O)c4cccc(C)c4)cc3)c(=O)n2[C@H]1c1ccc(OC)cc1. The maximum atomic E-state index is 13.8. The second-order valence-electron chi connectivity index (χ2n) is 9.40. The topological polar surface area (TPSA) is 96.2 Å². The van der Waals surface area contributed by atoms with Crippen LogP contribution in [0.3, 0.4) is 0 Å². The Hall–Kier alpha value is -4.76. The van der Waals surface area contributed by atoms with Gasteiger partial charge in [-0.2, -0.15) is 0 Å². The van der Waals surface area contributed by atoms with Crippen molar-refractivity contribution in [3.8, 4) is 11.5 Å². The molecule has 3 aromatic carbocycles. The van der Waals surface area contributed by atoms with Gasteiger partial charge in [-0.1, -0.05) is 53.3 Å². The van der Waals surface area contributed by atoms with E-state index in [2.05, 4.69) is 4.99 Å². The number of hydrogen-bond acceptors (Lipinski definition) is 8. The number of allylic oxidation sites excluding steroid dienone is 1. The van der Waals surface area contributed by atoms with Crippen LogP contribution in [0.4, 0.5) is 0 Å². The number of carbonyl (C=O) groups excluding carboxylic acids is 2. The van der Waals surface area contributed by atoms with Gasteiger partial charge in [0.25, 0.3) is 5.56 Å². The number of esters is 2. The van der Waals surface area contributed by atoms with E-state index in [4.69, 9.17) is 14.2 Å². The van der Waals surface area contributed by atoms with E-state index < -0.39 is 18.0 Å². The molecule has 208 valence electrons. The van der Waals surface area contributed by atoms with Crippen molar-refractivity contribution in [1.82, 2.24) is 4.57 Å². The van der Waals surface area contributed by atoms with E-state index in [1.54, 1.807) is 81.6 Å². The molecular weight excluding hydrogens is 540 g/mol.